The van der Waals surface area contributed by atoms with Gasteiger partial charge in [0.15, 0.2) is 0 Å². The third-order valence-electron chi connectivity index (χ3n) is 2.49. The largest absolute Gasteiger partial charge is 0.377 e. The minimum Gasteiger partial charge on any atom is -0.377 e. The molecule has 0 aromatic rings. The van der Waals surface area contributed by atoms with Crippen LogP contribution in [0.2, 0.25) is 0 Å². The van der Waals surface area contributed by atoms with E-state index >= 15 is 0 Å². The van der Waals surface area contributed by atoms with Gasteiger partial charge in [0.1, 0.15) is 6.04 Å². The second-order valence-electron chi connectivity index (χ2n) is 4.07. The van der Waals surface area contributed by atoms with E-state index in [2.05, 4.69) is 22.5 Å². The lowest BCUT2D eigenvalue weighted by atomic mass is 10.1. The molecule has 0 heterocycles. The quantitative estimate of drug-likeness (QED) is 0.519. The molecule has 0 rings (SSSR count). The van der Waals surface area contributed by atoms with Crippen LogP contribution >= 0.6 is 0 Å². The molecule has 18 heavy (non-hydrogen) atoms. The summed E-state index contributed by atoms with van der Waals surface area (Å²) in [6, 6.07) is -0.339. The second-order valence-corrected chi connectivity index (χ2v) is 4.07. The van der Waals surface area contributed by atoms with Crippen molar-refractivity contribution in [3.63, 3.8) is 0 Å². The Bertz CT molecular complexity index is 377. The molecule has 0 aliphatic rings. The maximum atomic E-state index is 11.7. The molecule has 2 amide bonds. The number of hydrogen-bond donors (Lipinski definition) is 2. The van der Waals surface area contributed by atoms with Crippen LogP contribution in [0.1, 0.15) is 20.8 Å². The number of carbonyl (C=O) groups is 2. The van der Waals surface area contributed by atoms with Gasteiger partial charge in [-0.1, -0.05) is 5.92 Å². The SMILES string of the molecule is CC#C/C(=C\N(C)C(C)C)C(NC)C(=O)NC=O. The lowest BCUT2D eigenvalue weighted by Crippen LogP contribution is -2.43. The van der Waals surface area contributed by atoms with Crippen LogP contribution in [0.25, 0.3) is 0 Å². The number of nitrogens with zero attached hydrogens (tertiary/aromatic N) is 1. The summed E-state index contributed by atoms with van der Waals surface area (Å²) in [5.41, 5.74) is 0.621. The number of imide groups is 1. The Hall–Kier alpha value is -1.80. The van der Waals surface area contributed by atoms with Gasteiger partial charge < -0.3 is 10.2 Å². The molecule has 2 N–H and O–H groups in total. The number of rotatable bonds is 6. The Balaban J connectivity index is 5.22. The van der Waals surface area contributed by atoms with Gasteiger partial charge in [0.05, 0.1) is 0 Å². The molecular weight excluding hydrogens is 230 g/mol. The van der Waals surface area contributed by atoms with Crippen LogP contribution < -0.4 is 10.6 Å². The van der Waals surface area contributed by atoms with Crippen LogP contribution in [0, 0.1) is 11.8 Å². The van der Waals surface area contributed by atoms with Gasteiger partial charge in [-0.3, -0.25) is 14.9 Å². The van der Waals surface area contributed by atoms with Crippen molar-refractivity contribution in [3.05, 3.63) is 11.8 Å². The average molecular weight is 251 g/mol. The fourth-order valence-electron chi connectivity index (χ4n) is 1.26. The highest BCUT2D eigenvalue weighted by Gasteiger charge is 2.20. The normalized spacial score (nSPS) is 12.4. The monoisotopic (exact) mass is 251 g/mol. The molecule has 0 aromatic carbocycles. The van der Waals surface area contributed by atoms with Crippen molar-refractivity contribution in [1.29, 1.82) is 0 Å². The third-order valence-corrected chi connectivity index (χ3v) is 2.49. The lowest BCUT2D eigenvalue weighted by Gasteiger charge is -2.22. The zero-order valence-electron chi connectivity index (χ0n) is 11.6. The second kappa shape index (κ2) is 8.31. The Kier molecular flexibility index (Phi) is 7.48. The smallest absolute Gasteiger partial charge is 0.248 e. The maximum absolute atomic E-state index is 11.7. The van der Waals surface area contributed by atoms with Crippen LogP contribution in [-0.4, -0.2) is 43.4 Å². The van der Waals surface area contributed by atoms with Crippen LogP contribution in [0.15, 0.2) is 11.8 Å². The highest BCUT2D eigenvalue weighted by molar-refractivity contribution is 5.93. The fourth-order valence-corrected chi connectivity index (χ4v) is 1.26. The van der Waals surface area contributed by atoms with Gasteiger partial charge >= 0.3 is 0 Å². The number of likely N-dealkylation sites (N-methyl/N-ethyl adjacent to an activating group) is 1. The minimum atomic E-state index is -0.635. The van der Waals surface area contributed by atoms with E-state index in [1.807, 2.05) is 32.0 Å². The molecule has 0 spiro atoms. The van der Waals surface area contributed by atoms with Gasteiger partial charge in [-0.15, -0.1) is 5.92 Å². The molecule has 0 fully saturated rings. The Labute approximate surface area is 109 Å². The van der Waals surface area contributed by atoms with Crippen molar-refractivity contribution in [1.82, 2.24) is 15.5 Å². The molecule has 0 bridgehead atoms. The van der Waals surface area contributed by atoms with Crippen molar-refractivity contribution in [3.8, 4) is 11.8 Å². The standard InChI is InChI=1S/C13H21N3O2/c1-6-7-11(8-16(5)10(2)3)12(14-4)13(18)15-9-17/h8-10,12,14H,1-5H3,(H,15,17,18)/b11-8+. The first kappa shape index (κ1) is 16.2. The van der Waals surface area contributed by atoms with E-state index in [9.17, 15) is 9.59 Å². The molecule has 5 heteroatoms. The van der Waals surface area contributed by atoms with Gasteiger partial charge in [0, 0.05) is 24.9 Å². The molecule has 5 nitrogen and oxygen atoms in total. The Morgan fingerprint density at radius 1 is 1.39 bits per heavy atom. The molecule has 0 radical (unpaired) electrons. The molecule has 0 saturated carbocycles. The van der Waals surface area contributed by atoms with Gasteiger partial charge in [-0.2, -0.15) is 0 Å². The molecule has 100 valence electrons. The van der Waals surface area contributed by atoms with E-state index in [0.29, 0.717) is 18.0 Å². The molecular formula is C13H21N3O2. The first-order chi connectivity index (χ1) is 8.47. The van der Waals surface area contributed by atoms with E-state index < -0.39 is 11.9 Å². The summed E-state index contributed by atoms with van der Waals surface area (Å²) < 4.78 is 0. The van der Waals surface area contributed by atoms with Crippen molar-refractivity contribution in [2.45, 2.75) is 32.9 Å². The van der Waals surface area contributed by atoms with Crippen molar-refractivity contribution < 1.29 is 9.59 Å². The highest BCUT2D eigenvalue weighted by Crippen LogP contribution is 2.05. The van der Waals surface area contributed by atoms with Crippen molar-refractivity contribution in [2.75, 3.05) is 14.1 Å². The first-order valence-electron chi connectivity index (χ1n) is 5.75. The van der Waals surface area contributed by atoms with E-state index in [1.165, 1.54) is 0 Å². The lowest BCUT2D eigenvalue weighted by molar-refractivity contribution is -0.126. The van der Waals surface area contributed by atoms with E-state index in [4.69, 9.17) is 0 Å². The van der Waals surface area contributed by atoms with Gasteiger partial charge in [-0.25, -0.2) is 0 Å². The predicted octanol–water partition coefficient (Wildman–Crippen LogP) is 0.0944. The van der Waals surface area contributed by atoms with E-state index in [0.717, 1.165) is 0 Å². The van der Waals surface area contributed by atoms with Crippen LogP contribution in [0.3, 0.4) is 0 Å². The minimum absolute atomic E-state index is 0.297. The summed E-state index contributed by atoms with van der Waals surface area (Å²) in [4.78, 5) is 24.0. The van der Waals surface area contributed by atoms with E-state index in [-0.39, 0.29) is 0 Å². The number of amides is 2. The van der Waals surface area contributed by atoms with Gasteiger partial charge in [0.2, 0.25) is 12.3 Å². The molecule has 1 atom stereocenters. The third kappa shape index (κ3) is 5.02. The number of nitrogens with one attached hydrogen (secondary N) is 2. The molecule has 0 aromatic heterocycles. The maximum Gasteiger partial charge on any atom is 0.248 e. The zero-order valence-corrected chi connectivity index (χ0v) is 11.6. The fraction of sp³-hybridized carbons (Fsp3) is 0.538. The van der Waals surface area contributed by atoms with Crippen LogP contribution in [0.4, 0.5) is 0 Å². The van der Waals surface area contributed by atoms with Crippen molar-refractivity contribution >= 4 is 12.3 Å². The number of hydrogen-bond acceptors (Lipinski definition) is 4. The summed E-state index contributed by atoms with van der Waals surface area (Å²) in [6.45, 7) is 5.77. The molecule has 1 unspecified atom stereocenters. The predicted molar refractivity (Wildman–Crippen MR) is 71.5 cm³/mol. The van der Waals surface area contributed by atoms with Crippen molar-refractivity contribution in [2.24, 2.45) is 0 Å². The summed E-state index contributed by atoms with van der Waals surface area (Å²) in [6.07, 6.45) is 2.18. The van der Waals surface area contributed by atoms with Crippen LogP contribution in [-0.2, 0) is 9.59 Å². The van der Waals surface area contributed by atoms with Gasteiger partial charge in [0.25, 0.3) is 0 Å². The molecule has 0 saturated heterocycles. The summed E-state index contributed by atoms with van der Waals surface area (Å²) in [7, 11) is 3.56. The molecule has 0 aliphatic heterocycles. The summed E-state index contributed by atoms with van der Waals surface area (Å²) >= 11 is 0. The molecule has 0 aliphatic carbocycles. The van der Waals surface area contributed by atoms with E-state index in [1.54, 1.807) is 14.0 Å². The Morgan fingerprint density at radius 3 is 2.39 bits per heavy atom. The highest BCUT2D eigenvalue weighted by atomic mass is 16.2. The summed E-state index contributed by atoms with van der Waals surface area (Å²) in [5.74, 6) is 5.24. The zero-order chi connectivity index (χ0) is 14.1. The Morgan fingerprint density at radius 2 is 2.00 bits per heavy atom. The topological polar surface area (TPSA) is 61.4 Å². The van der Waals surface area contributed by atoms with Gasteiger partial charge in [-0.05, 0) is 27.8 Å². The summed E-state index contributed by atoms with van der Waals surface area (Å²) in [5, 5.41) is 4.98. The average Bonchev–Trinajstić information content (AvgIpc) is 2.30. The van der Waals surface area contributed by atoms with Crippen LogP contribution in [0.5, 0.6) is 0 Å². The number of carbonyl (C=O) groups excluding carboxylic acids is 2. The first-order valence-corrected chi connectivity index (χ1v) is 5.75.